The number of pyridine rings is 1. The minimum Gasteiger partial charge on any atom is -0.495 e. The van der Waals surface area contributed by atoms with E-state index in [0.717, 1.165) is 0 Å². The lowest BCUT2D eigenvalue weighted by molar-refractivity contribution is -0.138. The van der Waals surface area contributed by atoms with Gasteiger partial charge in [-0.2, -0.15) is 0 Å². The number of hydrogen-bond acceptors (Lipinski definition) is 7. The highest BCUT2D eigenvalue weighted by molar-refractivity contribution is 6.04. The molecule has 0 bridgehead atoms. The molecule has 3 heterocycles. The van der Waals surface area contributed by atoms with E-state index in [9.17, 15) is 24.3 Å². The number of carboxylic acid groups (broad SMARTS) is 1. The van der Waals surface area contributed by atoms with E-state index in [-0.39, 0.29) is 67.7 Å². The number of amides is 3. The van der Waals surface area contributed by atoms with E-state index in [1.807, 2.05) is 0 Å². The number of hydrogen-bond donors (Lipinski definition) is 2. The molecule has 0 spiro atoms. The second-order valence-corrected chi connectivity index (χ2v) is 8.37. The molecule has 1 atom stereocenters. The van der Waals surface area contributed by atoms with E-state index < -0.39 is 23.7 Å². The maximum absolute atomic E-state index is 13.7. The summed E-state index contributed by atoms with van der Waals surface area (Å²) in [6, 6.07) is 10.1. The monoisotopic (exact) mass is 494 g/mol. The van der Waals surface area contributed by atoms with Crippen LogP contribution in [0.15, 0.2) is 47.1 Å². The summed E-state index contributed by atoms with van der Waals surface area (Å²) < 4.78 is 10.7. The van der Waals surface area contributed by atoms with Gasteiger partial charge >= 0.3 is 5.97 Å². The molecule has 36 heavy (non-hydrogen) atoms. The number of carbonyl (C=O) groups excluding carboxylic acids is 3. The van der Waals surface area contributed by atoms with Gasteiger partial charge in [-0.1, -0.05) is 12.1 Å². The second kappa shape index (κ2) is 10.5. The molecule has 1 unspecified atom stereocenters. The van der Waals surface area contributed by atoms with Crippen molar-refractivity contribution in [1.82, 2.24) is 14.8 Å². The Kier molecular flexibility index (Phi) is 7.18. The molecule has 1 aromatic carbocycles. The highest BCUT2D eigenvalue weighted by Crippen LogP contribution is 2.36. The molecule has 1 fully saturated rings. The number of aromatic nitrogens is 1. The number of fused-ring (bicyclic) bond motifs is 1. The van der Waals surface area contributed by atoms with Crippen LogP contribution in [-0.4, -0.2) is 76.9 Å². The molecule has 2 aromatic heterocycles. The summed E-state index contributed by atoms with van der Waals surface area (Å²) in [5.74, 6) is -3.23. The quantitative estimate of drug-likeness (QED) is 0.481. The number of nitrogens with zero attached hydrogens (tertiary/aromatic N) is 3. The number of carbonyl (C=O) groups is 4. The smallest absolute Gasteiger partial charge is 0.303 e. The van der Waals surface area contributed by atoms with Crippen molar-refractivity contribution >= 4 is 34.6 Å². The van der Waals surface area contributed by atoms with Crippen molar-refractivity contribution in [1.29, 1.82) is 0 Å². The number of rotatable bonds is 8. The lowest BCUT2D eigenvalue weighted by atomic mass is 9.91. The highest BCUT2D eigenvalue weighted by Gasteiger charge is 2.35. The molecule has 3 amide bonds. The summed E-state index contributed by atoms with van der Waals surface area (Å²) in [7, 11) is 1.39. The Morgan fingerprint density at radius 3 is 2.39 bits per heavy atom. The fraction of sp³-hybridized carbons (Fsp3) is 0.320. The van der Waals surface area contributed by atoms with Gasteiger partial charge in [0.15, 0.2) is 5.76 Å². The Bertz CT molecular complexity index is 1300. The molecular formula is C25H26N4O7. The number of piperazine rings is 1. The normalized spacial score (nSPS) is 14.5. The van der Waals surface area contributed by atoms with Crippen LogP contribution in [0.2, 0.25) is 0 Å². The molecular weight excluding hydrogens is 468 g/mol. The summed E-state index contributed by atoms with van der Waals surface area (Å²) >= 11 is 0. The Labute approximate surface area is 206 Å². The molecule has 0 radical (unpaired) electrons. The number of methoxy groups -OCH3 is 1. The largest absolute Gasteiger partial charge is 0.495 e. The number of carboxylic acids is 1. The predicted octanol–water partition coefficient (Wildman–Crippen LogP) is 1.87. The van der Waals surface area contributed by atoms with Crippen molar-refractivity contribution in [3.8, 4) is 5.75 Å². The Morgan fingerprint density at radius 2 is 1.78 bits per heavy atom. The fourth-order valence-electron chi connectivity index (χ4n) is 4.45. The maximum atomic E-state index is 13.7. The van der Waals surface area contributed by atoms with Crippen molar-refractivity contribution in [2.24, 2.45) is 5.73 Å². The number of primary amides is 1. The minimum atomic E-state index is -1.09. The van der Waals surface area contributed by atoms with Gasteiger partial charge in [0.25, 0.3) is 11.8 Å². The average Bonchev–Trinajstić information content (AvgIpc) is 3.42. The molecule has 3 aromatic rings. The minimum absolute atomic E-state index is 0.0495. The van der Waals surface area contributed by atoms with Crippen molar-refractivity contribution in [3.63, 3.8) is 0 Å². The first kappa shape index (κ1) is 24.7. The third-order valence-corrected chi connectivity index (χ3v) is 6.21. The number of furan rings is 1. The average molecular weight is 495 g/mol. The van der Waals surface area contributed by atoms with Crippen LogP contribution >= 0.6 is 0 Å². The molecule has 4 rings (SSSR count). The van der Waals surface area contributed by atoms with Crippen LogP contribution in [0.5, 0.6) is 5.75 Å². The van der Waals surface area contributed by atoms with Gasteiger partial charge in [-0.25, -0.2) is 0 Å². The van der Waals surface area contributed by atoms with Gasteiger partial charge in [0.05, 0.1) is 30.5 Å². The molecule has 1 saturated heterocycles. The van der Waals surface area contributed by atoms with Crippen molar-refractivity contribution in [2.75, 3.05) is 33.3 Å². The summed E-state index contributed by atoms with van der Waals surface area (Å²) in [6.07, 6.45) is 1.01. The number of aliphatic carboxylic acids is 1. The van der Waals surface area contributed by atoms with Crippen LogP contribution in [0.25, 0.3) is 10.9 Å². The van der Waals surface area contributed by atoms with Gasteiger partial charge in [-0.05, 0) is 30.7 Å². The number of ether oxygens (including phenoxy) is 1. The van der Waals surface area contributed by atoms with Crippen molar-refractivity contribution in [3.05, 3.63) is 59.7 Å². The number of nitrogens with two attached hydrogens (primary N) is 1. The zero-order chi connectivity index (χ0) is 25.8. The van der Waals surface area contributed by atoms with Gasteiger partial charge in [-0.3, -0.25) is 24.2 Å². The first-order valence-electron chi connectivity index (χ1n) is 11.4. The standard InChI is InChI=1S/C25H26N4O7/c1-35-22-15-5-2-3-6-17(15)27-21(20(22)23(26)32)16(8-9-19(30)31)24(33)28-10-12-29(13-11-28)25(34)18-7-4-14-36-18/h2-7,14,16H,8-13H2,1H3,(H2,26,32)(H,30,31). The topological polar surface area (TPSA) is 156 Å². The number of para-hydroxylation sites is 1. The Balaban J connectivity index is 1.67. The van der Waals surface area contributed by atoms with Crippen LogP contribution in [0, 0.1) is 0 Å². The predicted molar refractivity (Wildman–Crippen MR) is 128 cm³/mol. The van der Waals surface area contributed by atoms with Crippen molar-refractivity contribution in [2.45, 2.75) is 18.8 Å². The van der Waals surface area contributed by atoms with Gasteiger partial charge in [0, 0.05) is 38.0 Å². The van der Waals surface area contributed by atoms with Crippen LogP contribution < -0.4 is 10.5 Å². The van der Waals surface area contributed by atoms with E-state index in [2.05, 4.69) is 4.98 Å². The van der Waals surface area contributed by atoms with E-state index in [4.69, 9.17) is 14.9 Å². The van der Waals surface area contributed by atoms with E-state index in [1.165, 1.54) is 13.4 Å². The molecule has 3 N–H and O–H groups in total. The van der Waals surface area contributed by atoms with Gasteiger partial charge < -0.3 is 29.8 Å². The lowest BCUT2D eigenvalue weighted by Crippen LogP contribution is -2.51. The molecule has 188 valence electrons. The zero-order valence-electron chi connectivity index (χ0n) is 19.7. The van der Waals surface area contributed by atoms with E-state index in [1.54, 1.807) is 46.2 Å². The van der Waals surface area contributed by atoms with Crippen LogP contribution in [0.3, 0.4) is 0 Å². The summed E-state index contributed by atoms with van der Waals surface area (Å²) in [6.45, 7) is 0.999. The van der Waals surface area contributed by atoms with Gasteiger partial charge in [-0.15, -0.1) is 0 Å². The van der Waals surface area contributed by atoms with E-state index in [0.29, 0.717) is 10.9 Å². The third kappa shape index (κ3) is 4.85. The lowest BCUT2D eigenvalue weighted by Gasteiger charge is -2.36. The fourth-order valence-corrected chi connectivity index (χ4v) is 4.45. The summed E-state index contributed by atoms with van der Waals surface area (Å²) in [5, 5.41) is 9.87. The van der Waals surface area contributed by atoms with E-state index >= 15 is 0 Å². The van der Waals surface area contributed by atoms with Crippen LogP contribution in [0.4, 0.5) is 0 Å². The zero-order valence-corrected chi connectivity index (χ0v) is 19.7. The molecule has 1 aliphatic rings. The first-order chi connectivity index (χ1) is 17.3. The van der Waals surface area contributed by atoms with Crippen LogP contribution in [-0.2, 0) is 9.59 Å². The summed E-state index contributed by atoms with van der Waals surface area (Å²) in [5.41, 5.74) is 6.21. The Morgan fingerprint density at radius 1 is 1.08 bits per heavy atom. The van der Waals surface area contributed by atoms with Gasteiger partial charge in [0.2, 0.25) is 5.91 Å². The molecule has 11 nitrogen and oxygen atoms in total. The SMILES string of the molecule is COc1c(C(N)=O)c(C(CCC(=O)O)C(=O)N2CCN(C(=O)c3ccco3)CC2)nc2ccccc12. The highest BCUT2D eigenvalue weighted by atomic mass is 16.5. The molecule has 0 saturated carbocycles. The first-order valence-corrected chi connectivity index (χ1v) is 11.4. The molecule has 1 aliphatic heterocycles. The third-order valence-electron chi connectivity index (χ3n) is 6.21. The number of benzene rings is 1. The van der Waals surface area contributed by atoms with Crippen LogP contribution in [0.1, 0.15) is 45.4 Å². The summed E-state index contributed by atoms with van der Waals surface area (Å²) in [4.78, 5) is 57.9. The van der Waals surface area contributed by atoms with Crippen molar-refractivity contribution < 1.29 is 33.4 Å². The van der Waals surface area contributed by atoms with Gasteiger partial charge in [0.1, 0.15) is 11.3 Å². The second-order valence-electron chi connectivity index (χ2n) is 8.37. The maximum Gasteiger partial charge on any atom is 0.303 e. The molecule has 0 aliphatic carbocycles. The molecule has 11 heteroatoms. The Hall–Kier alpha value is -4.41.